The molecule has 0 aliphatic heterocycles. The fourth-order valence-electron chi connectivity index (χ4n) is 4.50. The largest absolute Gasteiger partial charge is 0.480 e. The molecular formula is C27H28N2O6S. The third kappa shape index (κ3) is 5.92. The van der Waals surface area contributed by atoms with Crippen molar-refractivity contribution in [2.45, 2.75) is 24.6 Å². The van der Waals surface area contributed by atoms with E-state index in [1.165, 1.54) is 0 Å². The number of ether oxygens (including phenoxy) is 1. The Morgan fingerprint density at radius 2 is 1.50 bits per heavy atom. The Bertz CT molecular complexity index is 1300. The van der Waals surface area contributed by atoms with Gasteiger partial charge < -0.3 is 15.2 Å². The van der Waals surface area contributed by atoms with Crippen LogP contribution in [-0.2, 0) is 25.3 Å². The molecule has 3 aromatic carbocycles. The third-order valence-corrected chi connectivity index (χ3v) is 7.85. The van der Waals surface area contributed by atoms with E-state index in [2.05, 4.69) is 5.32 Å². The van der Waals surface area contributed by atoms with Crippen LogP contribution in [0.15, 0.2) is 78.9 Å². The van der Waals surface area contributed by atoms with Gasteiger partial charge in [0.25, 0.3) is 0 Å². The van der Waals surface area contributed by atoms with Crippen molar-refractivity contribution in [1.29, 1.82) is 0 Å². The van der Waals surface area contributed by atoms with Crippen molar-refractivity contribution in [3.8, 4) is 11.1 Å². The second-order valence-electron chi connectivity index (χ2n) is 8.80. The highest BCUT2D eigenvalue weighted by atomic mass is 32.2. The quantitative estimate of drug-likeness (QED) is 0.430. The highest BCUT2D eigenvalue weighted by Crippen LogP contribution is 2.44. The minimum Gasteiger partial charge on any atom is -0.480 e. The van der Waals surface area contributed by atoms with Gasteiger partial charge in [-0.3, -0.25) is 4.79 Å². The van der Waals surface area contributed by atoms with Gasteiger partial charge in [0.2, 0.25) is 10.0 Å². The molecule has 0 unspecified atom stereocenters. The van der Waals surface area contributed by atoms with Crippen LogP contribution in [-0.4, -0.2) is 55.6 Å². The lowest BCUT2D eigenvalue weighted by molar-refractivity contribution is -0.137. The summed E-state index contributed by atoms with van der Waals surface area (Å²) in [5, 5.41) is 11.9. The van der Waals surface area contributed by atoms with Gasteiger partial charge in [-0.25, -0.2) is 13.2 Å². The van der Waals surface area contributed by atoms with Crippen molar-refractivity contribution in [1.82, 2.24) is 9.62 Å². The first-order valence-corrected chi connectivity index (χ1v) is 13.2. The average Bonchev–Trinajstić information content (AvgIpc) is 3.16. The lowest BCUT2D eigenvalue weighted by Crippen LogP contribution is -2.46. The molecule has 0 spiro atoms. The number of amides is 1. The van der Waals surface area contributed by atoms with Crippen LogP contribution in [0.2, 0.25) is 0 Å². The van der Waals surface area contributed by atoms with E-state index in [9.17, 15) is 23.1 Å². The summed E-state index contributed by atoms with van der Waals surface area (Å²) in [4.78, 5) is 23.9. The van der Waals surface area contributed by atoms with E-state index in [0.717, 1.165) is 26.6 Å². The van der Waals surface area contributed by atoms with Crippen LogP contribution in [0.4, 0.5) is 4.79 Å². The number of hydrogen-bond acceptors (Lipinski definition) is 5. The first-order valence-electron chi connectivity index (χ1n) is 11.6. The monoisotopic (exact) mass is 508 g/mol. The molecule has 0 saturated heterocycles. The molecule has 0 radical (unpaired) electrons. The third-order valence-electron chi connectivity index (χ3n) is 6.08. The van der Waals surface area contributed by atoms with Crippen LogP contribution in [0.1, 0.15) is 29.5 Å². The van der Waals surface area contributed by atoms with E-state index in [1.54, 1.807) is 37.3 Å². The van der Waals surface area contributed by atoms with Crippen LogP contribution in [0, 0.1) is 0 Å². The predicted octanol–water partition coefficient (Wildman–Crippen LogP) is 3.83. The molecule has 4 rings (SSSR count). The number of carboxylic acid groups (broad SMARTS) is 1. The second kappa shape index (κ2) is 10.9. The Hall–Kier alpha value is -3.69. The van der Waals surface area contributed by atoms with E-state index >= 15 is 0 Å². The number of carbonyl (C=O) groups excluding carboxylic acids is 1. The molecule has 0 aromatic heterocycles. The van der Waals surface area contributed by atoms with Gasteiger partial charge in [-0.15, -0.1) is 0 Å². The summed E-state index contributed by atoms with van der Waals surface area (Å²) in [5.41, 5.74) is 4.94. The maximum atomic E-state index is 12.9. The highest BCUT2D eigenvalue weighted by molar-refractivity contribution is 7.88. The smallest absolute Gasteiger partial charge is 0.407 e. The molecule has 1 aliphatic carbocycles. The Balaban J connectivity index is 1.38. The number of alkyl carbamates (subject to hydrolysis) is 1. The van der Waals surface area contributed by atoms with Crippen molar-refractivity contribution < 1.29 is 27.9 Å². The van der Waals surface area contributed by atoms with E-state index < -0.39 is 34.7 Å². The lowest BCUT2D eigenvalue weighted by atomic mass is 9.98. The number of carboxylic acids is 1. The maximum absolute atomic E-state index is 12.9. The van der Waals surface area contributed by atoms with Crippen molar-refractivity contribution in [3.05, 3.63) is 95.6 Å². The average molecular weight is 509 g/mol. The number of aliphatic carboxylic acids is 1. The molecule has 1 atom stereocenters. The molecule has 8 nitrogen and oxygen atoms in total. The van der Waals surface area contributed by atoms with Crippen molar-refractivity contribution in [2.75, 3.05) is 19.7 Å². The fourth-order valence-corrected chi connectivity index (χ4v) is 6.05. The molecule has 1 amide bonds. The number of nitrogens with one attached hydrogen (secondary N) is 1. The van der Waals surface area contributed by atoms with Crippen LogP contribution in [0.3, 0.4) is 0 Å². The Morgan fingerprint density at radius 1 is 0.944 bits per heavy atom. The number of carbonyl (C=O) groups is 2. The number of nitrogens with zero attached hydrogens (tertiary/aromatic N) is 1. The van der Waals surface area contributed by atoms with Crippen molar-refractivity contribution in [2.24, 2.45) is 0 Å². The molecule has 9 heteroatoms. The van der Waals surface area contributed by atoms with E-state index in [1.807, 2.05) is 48.5 Å². The predicted molar refractivity (Wildman–Crippen MR) is 136 cm³/mol. The fraction of sp³-hybridized carbons (Fsp3) is 0.259. The summed E-state index contributed by atoms with van der Waals surface area (Å²) in [6.45, 7) is 0.823. The zero-order valence-electron chi connectivity index (χ0n) is 19.8. The maximum Gasteiger partial charge on any atom is 0.407 e. The summed E-state index contributed by atoms with van der Waals surface area (Å²) < 4.78 is 32.2. The summed E-state index contributed by atoms with van der Waals surface area (Å²) in [6, 6.07) is 23.8. The SMILES string of the molecule is C[C@@H](CN(CC(=O)O)S(=O)(=O)Cc1ccccc1)NC(=O)OCC1c2ccccc2-c2ccccc21. The topological polar surface area (TPSA) is 113 Å². The highest BCUT2D eigenvalue weighted by Gasteiger charge is 2.30. The van der Waals surface area contributed by atoms with Crippen LogP contribution < -0.4 is 5.32 Å². The van der Waals surface area contributed by atoms with Gasteiger partial charge in [0.15, 0.2) is 0 Å². The van der Waals surface area contributed by atoms with Crippen LogP contribution in [0.25, 0.3) is 11.1 Å². The number of rotatable bonds is 10. The molecule has 2 N–H and O–H groups in total. The summed E-state index contributed by atoms with van der Waals surface area (Å²) >= 11 is 0. The molecule has 3 aromatic rings. The minimum atomic E-state index is -3.93. The van der Waals surface area contributed by atoms with Gasteiger partial charge in [-0.1, -0.05) is 78.9 Å². The van der Waals surface area contributed by atoms with Crippen LogP contribution in [0.5, 0.6) is 0 Å². The standard InChI is InChI=1S/C27H28N2O6S/c1-19(15-29(16-26(30)31)36(33,34)18-20-9-3-2-4-10-20)28-27(32)35-17-25-23-13-7-5-11-21(23)22-12-6-8-14-24(22)25/h2-14,19,25H,15-18H2,1H3,(H,28,32)(H,30,31)/t19-/m0/s1. The summed E-state index contributed by atoms with van der Waals surface area (Å²) in [5.74, 6) is -1.72. The lowest BCUT2D eigenvalue weighted by Gasteiger charge is -2.24. The van der Waals surface area contributed by atoms with Crippen molar-refractivity contribution >= 4 is 22.1 Å². The van der Waals surface area contributed by atoms with Crippen LogP contribution >= 0.6 is 0 Å². The number of fused-ring (bicyclic) bond motifs is 3. The molecule has 0 heterocycles. The van der Waals surface area contributed by atoms with Crippen molar-refractivity contribution in [3.63, 3.8) is 0 Å². The summed E-state index contributed by atoms with van der Waals surface area (Å²) in [6.07, 6.45) is -0.694. The number of benzene rings is 3. The molecule has 36 heavy (non-hydrogen) atoms. The normalized spacial score (nSPS) is 13.6. The molecule has 188 valence electrons. The zero-order chi connectivity index (χ0) is 25.7. The first kappa shape index (κ1) is 25.4. The number of hydrogen-bond donors (Lipinski definition) is 2. The van der Waals surface area contributed by atoms with Gasteiger partial charge in [0, 0.05) is 18.5 Å². The van der Waals surface area contributed by atoms with Gasteiger partial charge in [0.05, 0.1) is 5.75 Å². The van der Waals surface area contributed by atoms with Gasteiger partial charge in [-0.2, -0.15) is 4.31 Å². The summed E-state index contributed by atoms with van der Waals surface area (Å²) in [7, 11) is -3.93. The molecule has 0 bridgehead atoms. The van der Waals surface area contributed by atoms with E-state index in [4.69, 9.17) is 4.74 Å². The Morgan fingerprint density at radius 3 is 2.08 bits per heavy atom. The van der Waals surface area contributed by atoms with Gasteiger partial charge >= 0.3 is 12.1 Å². The molecule has 0 saturated carbocycles. The Kier molecular flexibility index (Phi) is 7.71. The first-order chi connectivity index (χ1) is 17.2. The molecule has 1 aliphatic rings. The molecule has 0 fully saturated rings. The van der Waals surface area contributed by atoms with Gasteiger partial charge in [0.1, 0.15) is 13.2 Å². The van der Waals surface area contributed by atoms with E-state index in [-0.39, 0.29) is 24.8 Å². The minimum absolute atomic E-state index is 0.104. The van der Waals surface area contributed by atoms with E-state index in [0.29, 0.717) is 5.56 Å². The Labute approximate surface area is 210 Å². The van der Waals surface area contributed by atoms with Gasteiger partial charge in [-0.05, 0) is 34.7 Å². The zero-order valence-corrected chi connectivity index (χ0v) is 20.6. The second-order valence-corrected chi connectivity index (χ2v) is 10.8. The molecular weight excluding hydrogens is 480 g/mol. The number of sulfonamides is 1.